The quantitative estimate of drug-likeness (QED) is 0.784. The van der Waals surface area contributed by atoms with Crippen molar-refractivity contribution in [2.75, 3.05) is 26.8 Å². The minimum atomic E-state index is -0.398. The van der Waals surface area contributed by atoms with E-state index in [1.807, 2.05) is 25.1 Å². The maximum atomic E-state index is 12.1. The fourth-order valence-electron chi connectivity index (χ4n) is 1.99. The van der Waals surface area contributed by atoms with Gasteiger partial charge < -0.3 is 19.8 Å². The van der Waals surface area contributed by atoms with E-state index in [1.54, 1.807) is 13.2 Å². The van der Waals surface area contributed by atoms with Crippen molar-refractivity contribution in [3.05, 3.63) is 35.6 Å². The summed E-state index contributed by atoms with van der Waals surface area (Å²) in [5.74, 6) is -0.430. The second kappa shape index (κ2) is 6.90. The molecule has 112 valence electrons. The number of fused-ring (bicyclic) bond motifs is 1. The zero-order valence-electron chi connectivity index (χ0n) is 12.1. The topological polar surface area (TPSA) is 80.6 Å². The molecule has 2 rings (SSSR count). The van der Waals surface area contributed by atoms with E-state index in [2.05, 4.69) is 10.6 Å². The van der Waals surface area contributed by atoms with Gasteiger partial charge in [0.1, 0.15) is 5.58 Å². The molecule has 0 saturated heterocycles. The van der Waals surface area contributed by atoms with Gasteiger partial charge in [-0.3, -0.25) is 9.59 Å². The number of aryl methyl sites for hydroxylation is 1. The number of para-hydroxylation sites is 1. The highest BCUT2D eigenvalue weighted by molar-refractivity contribution is 6.00. The van der Waals surface area contributed by atoms with Gasteiger partial charge in [0.25, 0.3) is 5.91 Å². The second-order valence-corrected chi connectivity index (χ2v) is 4.58. The maximum Gasteiger partial charge on any atom is 0.287 e. The van der Waals surface area contributed by atoms with Gasteiger partial charge in [-0.2, -0.15) is 0 Å². The van der Waals surface area contributed by atoms with E-state index in [-0.39, 0.29) is 18.2 Å². The number of hydrogen-bond acceptors (Lipinski definition) is 4. The largest absolute Gasteiger partial charge is 0.451 e. The number of methoxy groups -OCH3 is 1. The lowest BCUT2D eigenvalue weighted by atomic mass is 10.1. The van der Waals surface area contributed by atoms with Crippen LogP contribution in [0.25, 0.3) is 11.0 Å². The number of amides is 2. The molecule has 0 atom stereocenters. The van der Waals surface area contributed by atoms with Crippen molar-refractivity contribution in [2.24, 2.45) is 0 Å². The number of ether oxygens (including phenoxy) is 1. The predicted octanol–water partition coefficient (Wildman–Crippen LogP) is 1.23. The van der Waals surface area contributed by atoms with Crippen LogP contribution >= 0.6 is 0 Å². The Kier molecular flexibility index (Phi) is 4.94. The minimum absolute atomic E-state index is 0.0982. The summed E-state index contributed by atoms with van der Waals surface area (Å²) >= 11 is 0. The lowest BCUT2D eigenvalue weighted by molar-refractivity contribution is -0.120. The van der Waals surface area contributed by atoms with E-state index in [0.29, 0.717) is 18.7 Å². The van der Waals surface area contributed by atoms with Gasteiger partial charge in [-0.05, 0) is 13.0 Å². The Balaban J connectivity index is 1.96. The zero-order chi connectivity index (χ0) is 15.2. The third-order valence-electron chi connectivity index (χ3n) is 3.09. The number of carbonyl (C=O) groups excluding carboxylic acids is 2. The van der Waals surface area contributed by atoms with Gasteiger partial charge in [0.2, 0.25) is 5.91 Å². The summed E-state index contributed by atoms with van der Waals surface area (Å²) in [5, 5.41) is 6.06. The molecule has 1 aromatic heterocycles. The minimum Gasteiger partial charge on any atom is -0.451 e. The highest BCUT2D eigenvalue weighted by Gasteiger charge is 2.17. The van der Waals surface area contributed by atoms with Crippen LogP contribution in [-0.4, -0.2) is 38.6 Å². The number of nitrogens with one attached hydrogen (secondary N) is 2. The molecule has 21 heavy (non-hydrogen) atoms. The van der Waals surface area contributed by atoms with Crippen LogP contribution in [0, 0.1) is 6.92 Å². The smallest absolute Gasteiger partial charge is 0.287 e. The molecule has 0 saturated carbocycles. The molecule has 0 spiro atoms. The number of carbonyl (C=O) groups is 2. The van der Waals surface area contributed by atoms with Crippen molar-refractivity contribution < 1.29 is 18.7 Å². The number of benzene rings is 1. The Morgan fingerprint density at radius 3 is 2.71 bits per heavy atom. The Bertz CT molecular complexity index is 648. The van der Waals surface area contributed by atoms with E-state index in [1.165, 1.54) is 0 Å². The van der Waals surface area contributed by atoms with Crippen LogP contribution in [0.15, 0.2) is 28.7 Å². The molecule has 2 amide bonds. The third kappa shape index (κ3) is 3.61. The van der Waals surface area contributed by atoms with Crippen molar-refractivity contribution in [1.82, 2.24) is 10.6 Å². The number of hydrogen-bond donors (Lipinski definition) is 2. The van der Waals surface area contributed by atoms with E-state index in [0.717, 1.165) is 10.9 Å². The molecule has 1 heterocycles. The molecule has 0 aliphatic carbocycles. The normalized spacial score (nSPS) is 10.6. The first-order valence-electron chi connectivity index (χ1n) is 6.65. The standard InChI is InChI=1S/C15H18N2O4/c1-10-11-5-3-4-6-12(11)21-14(10)15(19)17-9-13(18)16-7-8-20-2/h3-6H,7-9H2,1-2H3,(H,16,18)(H,17,19). The van der Waals surface area contributed by atoms with E-state index < -0.39 is 5.91 Å². The Morgan fingerprint density at radius 1 is 1.24 bits per heavy atom. The lowest BCUT2D eigenvalue weighted by Crippen LogP contribution is -2.38. The fourth-order valence-corrected chi connectivity index (χ4v) is 1.99. The van der Waals surface area contributed by atoms with Gasteiger partial charge >= 0.3 is 0 Å². The summed E-state index contributed by atoms with van der Waals surface area (Å²) in [6, 6.07) is 7.42. The van der Waals surface area contributed by atoms with Crippen molar-refractivity contribution >= 4 is 22.8 Å². The van der Waals surface area contributed by atoms with Gasteiger partial charge in [0.15, 0.2) is 5.76 Å². The van der Waals surface area contributed by atoms with Crippen molar-refractivity contribution in [3.8, 4) is 0 Å². The molecule has 6 nitrogen and oxygen atoms in total. The van der Waals surface area contributed by atoms with Crippen molar-refractivity contribution in [3.63, 3.8) is 0 Å². The summed E-state index contributed by atoms with van der Waals surface area (Å²) < 4.78 is 10.3. The van der Waals surface area contributed by atoms with Gasteiger partial charge in [-0.1, -0.05) is 18.2 Å². The molecule has 2 N–H and O–H groups in total. The molecule has 0 bridgehead atoms. The van der Waals surface area contributed by atoms with Gasteiger partial charge in [-0.25, -0.2) is 0 Å². The summed E-state index contributed by atoms with van der Waals surface area (Å²) in [6.45, 7) is 2.57. The summed E-state index contributed by atoms with van der Waals surface area (Å²) in [7, 11) is 1.55. The molecular formula is C15H18N2O4. The Hall–Kier alpha value is -2.34. The maximum absolute atomic E-state index is 12.1. The zero-order valence-corrected chi connectivity index (χ0v) is 12.1. The van der Waals surface area contributed by atoms with Crippen molar-refractivity contribution in [2.45, 2.75) is 6.92 Å². The van der Waals surface area contributed by atoms with Crippen LogP contribution in [0.1, 0.15) is 16.1 Å². The van der Waals surface area contributed by atoms with Crippen LogP contribution in [0.2, 0.25) is 0 Å². The van der Waals surface area contributed by atoms with E-state index in [9.17, 15) is 9.59 Å². The fraction of sp³-hybridized carbons (Fsp3) is 0.333. The van der Waals surface area contributed by atoms with Crippen LogP contribution in [0.3, 0.4) is 0 Å². The summed E-state index contributed by atoms with van der Waals surface area (Å²) in [5.41, 5.74) is 1.42. The predicted molar refractivity (Wildman–Crippen MR) is 78.2 cm³/mol. The number of rotatable bonds is 6. The van der Waals surface area contributed by atoms with Crippen LogP contribution in [0.5, 0.6) is 0 Å². The average Bonchev–Trinajstić information content (AvgIpc) is 2.83. The highest BCUT2D eigenvalue weighted by Crippen LogP contribution is 2.24. The molecule has 0 unspecified atom stereocenters. The first-order chi connectivity index (χ1) is 10.1. The molecule has 0 aliphatic rings. The number of furan rings is 1. The SMILES string of the molecule is COCCNC(=O)CNC(=O)c1oc2ccccc2c1C. The Labute approximate surface area is 122 Å². The molecule has 0 aliphatic heterocycles. The van der Waals surface area contributed by atoms with Gasteiger partial charge in [-0.15, -0.1) is 0 Å². The van der Waals surface area contributed by atoms with Crippen molar-refractivity contribution in [1.29, 1.82) is 0 Å². The van der Waals surface area contributed by atoms with Crippen LogP contribution in [0.4, 0.5) is 0 Å². The first-order valence-corrected chi connectivity index (χ1v) is 6.65. The van der Waals surface area contributed by atoms with Gasteiger partial charge in [0, 0.05) is 24.6 Å². The van der Waals surface area contributed by atoms with E-state index >= 15 is 0 Å². The monoisotopic (exact) mass is 290 g/mol. The van der Waals surface area contributed by atoms with Crippen LogP contribution in [-0.2, 0) is 9.53 Å². The molecule has 6 heteroatoms. The lowest BCUT2D eigenvalue weighted by Gasteiger charge is -2.05. The first kappa shape index (κ1) is 15.1. The Morgan fingerprint density at radius 2 is 2.00 bits per heavy atom. The molecule has 2 aromatic rings. The van der Waals surface area contributed by atoms with Gasteiger partial charge in [0.05, 0.1) is 13.2 Å². The average molecular weight is 290 g/mol. The molecule has 1 aromatic carbocycles. The third-order valence-corrected chi connectivity index (χ3v) is 3.09. The summed E-state index contributed by atoms with van der Waals surface area (Å²) in [4.78, 5) is 23.6. The molecule has 0 fully saturated rings. The summed E-state index contributed by atoms with van der Waals surface area (Å²) in [6.07, 6.45) is 0. The molecule has 0 radical (unpaired) electrons. The second-order valence-electron chi connectivity index (χ2n) is 4.58. The highest BCUT2D eigenvalue weighted by atomic mass is 16.5. The molecular weight excluding hydrogens is 272 g/mol. The van der Waals surface area contributed by atoms with Crippen LogP contribution < -0.4 is 10.6 Å². The van der Waals surface area contributed by atoms with E-state index in [4.69, 9.17) is 9.15 Å².